The Labute approximate surface area is 150 Å². The Hall–Kier alpha value is -3.28. The largest absolute Gasteiger partial charge is 0.302 e. The molecule has 0 aliphatic heterocycles. The van der Waals surface area contributed by atoms with Crippen LogP contribution in [0.2, 0.25) is 0 Å². The second-order valence-electron chi connectivity index (χ2n) is 6.16. The van der Waals surface area contributed by atoms with Crippen LogP contribution in [-0.4, -0.2) is 15.5 Å². The fraction of sp³-hybridized carbons (Fsp3) is 0.150. The summed E-state index contributed by atoms with van der Waals surface area (Å²) in [5, 5.41) is 2.44. The number of amides is 1. The van der Waals surface area contributed by atoms with Crippen LogP contribution in [0.1, 0.15) is 35.7 Å². The maximum atomic E-state index is 13.3. The monoisotopic (exact) mass is 351 g/mol. The number of anilines is 1. The molecule has 0 aliphatic carbocycles. The molecule has 2 aromatic carbocycles. The van der Waals surface area contributed by atoms with Crippen LogP contribution < -0.4 is 10.9 Å². The summed E-state index contributed by atoms with van der Waals surface area (Å²) in [7, 11) is 0. The van der Waals surface area contributed by atoms with E-state index < -0.39 is 17.3 Å². The van der Waals surface area contributed by atoms with Gasteiger partial charge in [0.2, 0.25) is 0 Å². The lowest BCUT2D eigenvalue weighted by Crippen LogP contribution is -2.26. The summed E-state index contributed by atoms with van der Waals surface area (Å²) in [6.45, 7) is 4.18. The van der Waals surface area contributed by atoms with Crippen LogP contribution in [0, 0.1) is 5.82 Å². The van der Waals surface area contributed by atoms with Crippen molar-refractivity contribution in [2.24, 2.45) is 0 Å². The molecule has 0 fully saturated rings. The molecule has 6 heteroatoms. The number of aromatic nitrogens is 2. The van der Waals surface area contributed by atoms with Crippen LogP contribution in [0.5, 0.6) is 0 Å². The molecule has 0 aliphatic rings. The second-order valence-corrected chi connectivity index (χ2v) is 6.16. The minimum atomic E-state index is -0.595. The van der Waals surface area contributed by atoms with E-state index in [9.17, 15) is 14.0 Å². The minimum Gasteiger partial charge on any atom is -0.302 e. The summed E-state index contributed by atoms with van der Waals surface area (Å²) in [6.07, 6.45) is 2.96. The summed E-state index contributed by atoms with van der Waals surface area (Å²) in [5.74, 6) is -0.850. The van der Waals surface area contributed by atoms with Crippen molar-refractivity contribution in [1.29, 1.82) is 0 Å². The van der Waals surface area contributed by atoms with Gasteiger partial charge in [-0.15, -0.1) is 0 Å². The van der Waals surface area contributed by atoms with Gasteiger partial charge >= 0.3 is 0 Å². The lowest BCUT2D eigenvalue weighted by Gasteiger charge is -2.10. The third-order valence-corrected chi connectivity index (χ3v) is 4.00. The topological polar surface area (TPSA) is 64.0 Å². The van der Waals surface area contributed by atoms with Crippen molar-refractivity contribution >= 4 is 11.7 Å². The zero-order chi connectivity index (χ0) is 18.7. The molecule has 0 saturated heterocycles. The molecule has 1 aromatic heterocycles. The molecule has 1 N–H and O–H groups in total. The highest BCUT2D eigenvalue weighted by Crippen LogP contribution is 2.16. The molecule has 0 atom stereocenters. The number of hydrogen-bond donors (Lipinski definition) is 1. The number of halogens is 1. The lowest BCUT2D eigenvalue weighted by atomic mass is 10.0. The van der Waals surface area contributed by atoms with Crippen LogP contribution >= 0.6 is 0 Å². The fourth-order valence-electron chi connectivity index (χ4n) is 2.53. The molecule has 0 saturated carbocycles. The Kier molecular flexibility index (Phi) is 4.93. The first-order valence-electron chi connectivity index (χ1n) is 8.20. The van der Waals surface area contributed by atoms with E-state index in [1.807, 2.05) is 24.3 Å². The van der Waals surface area contributed by atoms with E-state index in [4.69, 9.17) is 0 Å². The van der Waals surface area contributed by atoms with Gasteiger partial charge in [-0.3, -0.25) is 14.2 Å². The van der Waals surface area contributed by atoms with Gasteiger partial charge in [-0.25, -0.2) is 9.37 Å². The van der Waals surface area contributed by atoms with E-state index in [0.717, 1.165) is 11.6 Å². The number of carbonyl (C=O) groups excluding carboxylic acids is 1. The zero-order valence-corrected chi connectivity index (χ0v) is 14.4. The molecule has 5 nitrogen and oxygen atoms in total. The van der Waals surface area contributed by atoms with E-state index in [2.05, 4.69) is 24.1 Å². The Balaban J connectivity index is 1.90. The maximum absolute atomic E-state index is 13.3. The summed E-state index contributed by atoms with van der Waals surface area (Å²) in [5.41, 5.74) is 1.48. The van der Waals surface area contributed by atoms with Crippen molar-refractivity contribution in [3.05, 3.63) is 88.2 Å². The van der Waals surface area contributed by atoms with Crippen molar-refractivity contribution in [3.8, 4) is 5.69 Å². The summed E-state index contributed by atoms with van der Waals surface area (Å²) < 4.78 is 14.7. The van der Waals surface area contributed by atoms with Crippen LogP contribution in [0.3, 0.4) is 0 Å². The van der Waals surface area contributed by atoms with Gasteiger partial charge in [0, 0.05) is 23.6 Å². The van der Waals surface area contributed by atoms with Crippen LogP contribution in [-0.2, 0) is 0 Å². The van der Waals surface area contributed by atoms with Gasteiger partial charge in [0.05, 0.1) is 0 Å². The van der Waals surface area contributed by atoms with Crippen LogP contribution in [0.15, 0.2) is 65.7 Å². The molecule has 132 valence electrons. The molecule has 0 spiro atoms. The molecule has 1 heterocycles. The number of benzene rings is 2. The Morgan fingerprint density at radius 2 is 1.88 bits per heavy atom. The third-order valence-electron chi connectivity index (χ3n) is 4.00. The molecule has 0 radical (unpaired) electrons. The van der Waals surface area contributed by atoms with E-state index in [-0.39, 0.29) is 11.4 Å². The third kappa shape index (κ3) is 3.69. The molecule has 26 heavy (non-hydrogen) atoms. The van der Waals surface area contributed by atoms with Gasteiger partial charge < -0.3 is 5.32 Å². The van der Waals surface area contributed by atoms with Crippen molar-refractivity contribution in [2.75, 3.05) is 5.32 Å². The van der Waals surface area contributed by atoms with E-state index in [1.165, 1.54) is 35.2 Å². The molecule has 3 aromatic rings. The van der Waals surface area contributed by atoms with Gasteiger partial charge in [0.1, 0.15) is 5.82 Å². The Bertz CT molecular complexity index is 994. The standard InChI is InChI=1S/C20H18FN3O2/c1-13(2)14-6-8-17(9-7-14)24-11-10-22-18(20(24)26)23-19(25)15-4-3-5-16(21)12-15/h3-13H,1-2H3,(H,22,23,25). The van der Waals surface area contributed by atoms with Gasteiger partial charge in [0.15, 0.2) is 5.82 Å². The number of carbonyl (C=O) groups is 1. The molecular formula is C20H18FN3O2. The van der Waals surface area contributed by atoms with E-state index in [0.29, 0.717) is 11.6 Å². The van der Waals surface area contributed by atoms with Crippen LogP contribution in [0.4, 0.5) is 10.2 Å². The molecule has 0 bridgehead atoms. The number of rotatable bonds is 4. The average Bonchev–Trinajstić information content (AvgIpc) is 2.63. The van der Waals surface area contributed by atoms with Crippen molar-refractivity contribution in [2.45, 2.75) is 19.8 Å². The first kappa shape index (κ1) is 17.5. The number of hydrogen-bond acceptors (Lipinski definition) is 3. The van der Waals surface area contributed by atoms with Crippen molar-refractivity contribution < 1.29 is 9.18 Å². The highest BCUT2D eigenvalue weighted by atomic mass is 19.1. The first-order valence-corrected chi connectivity index (χ1v) is 8.20. The summed E-state index contributed by atoms with van der Waals surface area (Å²) >= 11 is 0. The van der Waals surface area contributed by atoms with Crippen molar-refractivity contribution in [3.63, 3.8) is 0 Å². The molecule has 1 amide bonds. The van der Waals surface area contributed by atoms with E-state index in [1.54, 1.807) is 0 Å². The number of nitrogens with zero attached hydrogens (tertiary/aromatic N) is 2. The minimum absolute atomic E-state index is 0.114. The summed E-state index contributed by atoms with van der Waals surface area (Å²) in [6, 6.07) is 12.8. The smallest absolute Gasteiger partial charge is 0.298 e. The second kappa shape index (κ2) is 7.31. The maximum Gasteiger partial charge on any atom is 0.298 e. The van der Waals surface area contributed by atoms with E-state index >= 15 is 0 Å². The zero-order valence-electron chi connectivity index (χ0n) is 14.4. The predicted octanol–water partition coefficient (Wildman–Crippen LogP) is 3.75. The quantitative estimate of drug-likeness (QED) is 0.779. The van der Waals surface area contributed by atoms with Gasteiger partial charge in [-0.1, -0.05) is 32.0 Å². The lowest BCUT2D eigenvalue weighted by molar-refractivity contribution is 0.102. The highest BCUT2D eigenvalue weighted by molar-refractivity contribution is 6.03. The first-order chi connectivity index (χ1) is 12.5. The Morgan fingerprint density at radius 3 is 2.54 bits per heavy atom. The van der Waals surface area contributed by atoms with Crippen molar-refractivity contribution in [1.82, 2.24) is 9.55 Å². The van der Waals surface area contributed by atoms with Gasteiger partial charge in [0.25, 0.3) is 11.5 Å². The summed E-state index contributed by atoms with van der Waals surface area (Å²) in [4.78, 5) is 28.8. The molecular weight excluding hydrogens is 333 g/mol. The predicted molar refractivity (Wildman–Crippen MR) is 98.3 cm³/mol. The average molecular weight is 351 g/mol. The van der Waals surface area contributed by atoms with Crippen LogP contribution in [0.25, 0.3) is 5.69 Å². The number of nitrogens with one attached hydrogen (secondary N) is 1. The highest BCUT2D eigenvalue weighted by Gasteiger charge is 2.12. The Morgan fingerprint density at radius 1 is 1.15 bits per heavy atom. The van der Waals surface area contributed by atoms with Gasteiger partial charge in [-0.2, -0.15) is 0 Å². The molecule has 3 rings (SSSR count). The molecule has 0 unspecified atom stereocenters. The SMILES string of the molecule is CC(C)c1ccc(-n2ccnc(NC(=O)c3cccc(F)c3)c2=O)cc1. The normalized spacial score (nSPS) is 10.8. The fourth-order valence-corrected chi connectivity index (χ4v) is 2.53. The van der Waals surface area contributed by atoms with Gasteiger partial charge in [-0.05, 0) is 41.8 Å².